The minimum atomic E-state index is -0.272. The first-order valence-electron chi connectivity index (χ1n) is 7.84. The van der Waals surface area contributed by atoms with E-state index in [1.165, 1.54) is 0 Å². The van der Waals surface area contributed by atoms with Crippen molar-refractivity contribution < 1.29 is 4.79 Å². The lowest BCUT2D eigenvalue weighted by molar-refractivity contribution is 0.0927. The van der Waals surface area contributed by atoms with Crippen LogP contribution < -0.4 is 5.32 Å². The van der Waals surface area contributed by atoms with Crippen molar-refractivity contribution in [2.24, 2.45) is 0 Å². The molecule has 0 aliphatic heterocycles. The molecule has 2 aromatic rings. The maximum absolute atomic E-state index is 12.6. The van der Waals surface area contributed by atoms with Gasteiger partial charge in [0.25, 0.3) is 5.91 Å². The molecule has 1 unspecified atom stereocenters. The minimum Gasteiger partial charge on any atom is -0.344 e. The Morgan fingerprint density at radius 2 is 1.96 bits per heavy atom. The third-order valence-electron chi connectivity index (χ3n) is 3.70. The van der Waals surface area contributed by atoms with Crippen LogP contribution >= 0.6 is 23.2 Å². The Hall–Kier alpha value is -1.56. The molecule has 1 heterocycles. The average molecular weight is 369 g/mol. The van der Waals surface area contributed by atoms with Crippen molar-refractivity contribution in [1.29, 1.82) is 0 Å². The van der Waals surface area contributed by atoms with E-state index in [4.69, 9.17) is 23.2 Å². The molecule has 0 saturated heterocycles. The summed E-state index contributed by atoms with van der Waals surface area (Å²) in [5.74, 6) is -0.272. The first-order chi connectivity index (χ1) is 11.4. The predicted octanol–water partition coefficient (Wildman–Crippen LogP) is 3.63. The second kappa shape index (κ2) is 8.51. The van der Waals surface area contributed by atoms with E-state index in [2.05, 4.69) is 15.3 Å². The van der Waals surface area contributed by atoms with Crippen LogP contribution in [0.2, 0.25) is 10.0 Å². The molecular weight excluding hydrogens is 347 g/mol. The Balaban J connectivity index is 2.18. The van der Waals surface area contributed by atoms with E-state index in [1.807, 2.05) is 45.3 Å². The predicted molar refractivity (Wildman–Crippen MR) is 97.7 cm³/mol. The van der Waals surface area contributed by atoms with E-state index < -0.39 is 0 Å². The van der Waals surface area contributed by atoms with Crippen LogP contribution in [0.25, 0.3) is 0 Å². The monoisotopic (exact) mass is 368 g/mol. The highest BCUT2D eigenvalue weighted by Crippen LogP contribution is 2.21. The van der Waals surface area contributed by atoms with Crippen LogP contribution in [0.15, 0.2) is 30.5 Å². The molecule has 0 aliphatic rings. The Kier molecular flexibility index (Phi) is 6.66. The molecule has 5 nitrogen and oxygen atoms in total. The van der Waals surface area contributed by atoms with E-state index in [-0.39, 0.29) is 17.6 Å². The van der Waals surface area contributed by atoms with E-state index in [0.29, 0.717) is 16.6 Å². The third-order valence-corrected chi connectivity index (χ3v) is 4.23. The molecule has 1 N–H and O–H groups in total. The molecule has 0 radical (unpaired) electrons. The SMILES string of the molecule is CCn1cc(Cl)c(C(=O)NC(CCN(C)C)c2ccc(Cl)cc2)n1. The highest BCUT2D eigenvalue weighted by molar-refractivity contribution is 6.33. The summed E-state index contributed by atoms with van der Waals surface area (Å²) in [4.78, 5) is 14.7. The Bertz CT molecular complexity index is 682. The number of amides is 1. The van der Waals surface area contributed by atoms with Crippen LogP contribution in [0.1, 0.15) is 35.4 Å². The summed E-state index contributed by atoms with van der Waals surface area (Å²) >= 11 is 12.1. The summed E-state index contributed by atoms with van der Waals surface area (Å²) in [6.07, 6.45) is 2.43. The van der Waals surface area contributed by atoms with Crippen molar-refractivity contribution in [2.45, 2.75) is 25.9 Å². The number of hydrogen-bond acceptors (Lipinski definition) is 3. The molecule has 24 heavy (non-hydrogen) atoms. The fraction of sp³-hybridized carbons (Fsp3) is 0.412. The fourth-order valence-electron chi connectivity index (χ4n) is 2.34. The van der Waals surface area contributed by atoms with Crippen LogP contribution in [0, 0.1) is 0 Å². The molecule has 0 bridgehead atoms. The van der Waals surface area contributed by atoms with Crippen LogP contribution in [0.3, 0.4) is 0 Å². The summed E-state index contributed by atoms with van der Waals surface area (Å²) in [5, 5.41) is 8.29. The molecule has 130 valence electrons. The van der Waals surface area contributed by atoms with E-state index in [0.717, 1.165) is 18.5 Å². The van der Waals surface area contributed by atoms with Crippen LogP contribution in [0.4, 0.5) is 0 Å². The summed E-state index contributed by atoms with van der Waals surface area (Å²) in [6, 6.07) is 7.36. The number of nitrogens with one attached hydrogen (secondary N) is 1. The van der Waals surface area contributed by atoms with Crippen molar-refractivity contribution in [2.75, 3.05) is 20.6 Å². The molecule has 1 aromatic heterocycles. The summed E-state index contributed by atoms with van der Waals surface area (Å²) < 4.78 is 1.65. The van der Waals surface area contributed by atoms with Gasteiger partial charge in [0.05, 0.1) is 11.1 Å². The van der Waals surface area contributed by atoms with Gasteiger partial charge in [0.15, 0.2) is 5.69 Å². The van der Waals surface area contributed by atoms with Gasteiger partial charge < -0.3 is 10.2 Å². The summed E-state index contributed by atoms with van der Waals surface area (Å²) in [6.45, 7) is 3.44. The number of carbonyl (C=O) groups excluding carboxylic acids is 1. The number of nitrogens with zero attached hydrogens (tertiary/aromatic N) is 3. The molecule has 2 rings (SSSR count). The fourth-order valence-corrected chi connectivity index (χ4v) is 2.71. The van der Waals surface area contributed by atoms with Crippen LogP contribution in [-0.2, 0) is 6.54 Å². The first-order valence-corrected chi connectivity index (χ1v) is 8.60. The number of rotatable bonds is 7. The van der Waals surface area contributed by atoms with E-state index in [1.54, 1.807) is 10.9 Å². The van der Waals surface area contributed by atoms with Crippen molar-refractivity contribution in [3.63, 3.8) is 0 Å². The molecule has 1 amide bonds. The third kappa shape index (κ3) is 4.97. The Labute approximate surface area is 152 Å². The van der Waals surface area contributed by atoms with Crippen molar-refractivity contribution in [1.82, 2.24) is 20.0 Å². The van der Waals surface area contributed by atoms with Gasteiger partial charge in [-0.15, -0.1) is 0 Å². The van der Waals surface area contributed by atoms with Crippen LogP contribution in [0.5, 0.6) is 0 Å². The van der Waals surface area contributed by atoms with Gasteiger partial charge in [-0.25, -0.2) is 0 Å². The standard InChI is InChI=1S/C17H22Cl2N4O/c1-4-23-11-14(19)16(21-23)17(24)20-15(9-10-22(2)3)12-5-7-13(18)8-6-12/h5-8,11,15H,4,9-10H2,1-3H3,(H,20,24). The van der Waals surface area contributed by atoms with Gasteiger partial charge in [0, 0.05) is 17.8 Å². The maximum atomic E-state index is 12.6. The summed E-state index contributed by atoms with van der Waals surface area (Å²) in [5.41, 5.74) is 1.25. The molecule has 0 fully saturated rings. The van der Waals surface area contributed by atoms with Gasteiger partial charge in [0.2, 0.25) is 0 Å². The van der Waals surface area contributed by atoms with Gasteiger partial charge in [-0.2, -0.15) is 5.10 Å². The first kappa shape index (κ1) is 18.8. The van der Waals surface area contributed by atoms with Crippen molar-refractivity contribution in [3.05, 3.63) is 51.8 Å². The van der Waals surface area contributed by atoms with E-state index >= 15 is 0 Å². The Morgan fingerprint density at radius 3 is 2.50 bits per heavy atom. The smallest absolute Gasteiger partial charge is 0.273 e. The van der Waals surface area contributed by atoms with Gasteiger partial charge in [-0.05, 0) is 51.7 Å². The number of carbonyl (C=O) groups is 1. The number of hydrogen-bond donors (Lipinski definition) is 1. The minimum absolute atomic E-state index is 0.139. The molecule has 0 saturated carbocycles. The second-order valence-electron chi connectivity index (χ2n) is 5.85. The van der Waals surface area contributed by atoms with Crippen molar-refractivity contribution >= 4 is 29.1 Å². The zero-order valence-electron chi connectivity index (χ0n) is 14.1. The second-order valence-corrected chi connectivity index (χ2v) is 6.69. The molecule has 0 spiro atoms. The quantitative estimate of drug-likeness (QED) is 0.811. The average Bonchev–Trinajstić information content (AvgIpc) is 2.93. The molecule has 7 heteroatoms. The number of aromatic nitrogens is 2. The highest BCUT2D eigenvalue weighted by atomic mass is 35.5. The zero-order valence-corrected chi connectivity index (χ0v) is 15.6. The van der Waals surface area contributed by atoms with Gasteiger partial charge in [0.1, 0.15) is 0 Å². The molecule has 1 aromatic carbocycles. The van der Waals surface area contributed by atoms with Gasteiger partial charge in [-0.1, -0.05) is 35.3 Å². The number of benzene rings is 1. The topological polar surface area (TPSA) is 50.2 Å². The summed E-state index contributed by atoms with van der Waals surface area (Å²) in [7, 11) is 4.00. The largest absolute Gasteiger partial charge is 0.344 e. The lowest BCUT2D eigenvalue weighted by Gasteiger charge is -2.21. The van der Waals surface area contributed by atoms with Crippen LogP contribution in [-0.4, -0.2) is 41.2 Å². The lowest BCUT2D eigenvalue weighted by atomic mass is 10.0. The lowest BCUT2D eigenvalue weighted by Crippen LogP contribution is -2.31. The van der Waals surface area contributed by atoms with Gasteiger partial charge in [-0.3, -0.25) is 9.48 Å². The van der Waals surface area contributed by atoms with Gasteiger partial charge >= 0.3 is 0 Å². The van der Waals surface area contributed by atoms with Crippen molar-refractivity contribution in [3.8, 4) is 0 Å². The van der Waals surface area contributed by atoms with E-state index in [9.17, 15) is 4.79 Å². The normalized spacial score (nSPS) is 12.4. The molecular formula is C17H22Cl2N4O. The maximum Gasteiger partial charge on any atom is 0.273 e. The number of halogens is 2. The molecule has 1 atom stereocenters. The highest BCUT2D eigenvalue weighted by Gasteiger charge is 2.20. The molecule has 0 aliphatic carbocycles. The number of aryl methyl sites for hydroxylation is 1. The Morgan fingerprint density at radius 1 is 1.29 bits per heavy atom. The zero-order chi connectivity index (χ0) is 17.7.